The first kappa shape index (κ1) is 14.5. The summed E-state index contributed by atoms with van der Waals surface area (Å²) in [4.78, 5) is 12.4. The molecule has 3 nitrogen and oxygen atoms in total. The van der Waals surface area contributed by atoms with Crippen molar-refractivity contribution >= 4 is 27.4 Å². The fourth-order valence-corrected chi connectivity index (χ4v) is 2.21. The molecule has 0 saturated heterocycles. The van der Waals surface area contributed by atoms with E-state index in [0.29, 0.717) is 11.3 Å². The normalized spacial score (nSPS) is 10.4. The molecule has 0 radical (unpaired) electrons. The summed E-state index contributed by atoms with van der Waals surface area (Å²) in [6.45, 7) is 1.88. The maximum atomic E-state index is 13.8. The highest BCUT2D eigenvalue weighted by atomic mass is 79.9. The standard InChI is InChI=1S/C15H13BrFNO2/c1-8-5-14(20-2)11(7-12(8)16)15(19)10-4-3-9(18)6-13(10)17/h3-7H,18H2,1-2H3. The van der Waals surface area contributed by atoms with Crippen molar-refractivity contribution in [1.82, 2.24) is 0 Å². The first-order valence-corrected chi connectivity index (χ1v) is 6.67. The lowest BCUT2D eigenvalue weighted by atomic mass is 10.0. The van der Waals surface area contributed by atoms with Crippen molar-refractivity contribution in [2.75, 3.05) is 12.8 Å². The highest BCUT2D eigenvalue weighted by molar-refractivity contribution is 9.10. The van der Waals surface area contributed by atoms with Gasteiger partial charge in [0.25, 0.3) is 0 Å². The average Bonchev–Trinajstić information content (AvgIpc) is 2.40. The fourth-order valence-electron chi connectivity index (χ4n) is 1.86. The van der Waals surface area contributed by atoms with Crippen LogP contribution < -0.4 is 10.5 Å². The quantitative estimate of drug-likeness (QED) is 0.686. The number of hydrogen-bond acceptors (Lipinski definition) is 3. The Bertz CT molecular complexity index is 686. The molecule has 0 aromatic heterocycles. The molecule has 2 aromatic rings. The van der Waals surface area contributed by atoms with Gasteiger partial charge in [0.15, 0.2) is 5.78 Å². The lowest BCUT2D eigenvalue weighted by molar-refractivity contribution is 0.103. The van der Waals surface area contributed by atoms with Crippen LogP contribution in [0.15, 0.2) is 34.8 Å². The molecule has 0 unspecified atom stereocenters. The molecule has 0 aliphatic heterocycles. The molecule has 0 heterocycles. The molecule has 2 aromatic carbocycles. The molecule has 0 bridgehead atoms. The van der Waals surface area contributed by atoms with Crippen molar-refractivity contribution in [1.29, 1.82) is 0 Å². The topological polar surface area (TPSA) is 52.3 Å². The molecule has 20 heavy (non-hydrogen) atoms. The number of carbonyl (C=O) groups is 1. The third-order valence-electron chi connectivity index (χ3n) is 2.96. The van der Waals surface area contributed by atoms with Gasteiger partial charge in [0.2, 0.25) is 0 Å². The van der Waals surface area contributed by atoms with Crippen LogP contribution in [0.1, 0.15) is 21.5 Å². The number of carbonyl (C=O) groups excluding carboxylic acids is 1. The van der Waals surface area contributed by atoms with Crippen molar-refractivity contribution in [2.24, 2.45) is 0 Å². The van der Waals surface area contributed by atoms with E-state index in [9.17, 15) is 9.18 Å². The lowest BCUT2D eigenvalue weighted by Gasteiger charge is -2.11. The summed E-state index contributed by atoms with van der Waals surface area (Å²) < 4.78 is 19.8. The maximum Gasteiger partial charge on any atom is 0.199 e. The molecule has 0 saturated carbocycles. The predicted octanol–water partition coefficient (Wildman–Crippen LogP) is 3.72. The van der Waals surface area contributed by atoms with Gasteiger partial charge in [-0.15, -0.1) is 0 Å². The highest BCUT2D eigenvalue weighted by Gasteiger charge is 2.19. The molecule has 5 heteroatoms. The second-order valence-electron chi connectivity index (χ2n) is 4.37. The minimum Gasteiger partial charge on any atom is -0.496 e. The summed E-state index contributed by atoms with van der Waals surface area (Å²) >= 11 is 3.36. The van der Waals surface area contributed by atoms with Gasteiger partial charge in [-0.05, 0) is 42.8 Å². The van der Waals surface area contributed by atoms with E-state index in [4.69, 9.17) is 10.5 Å². The van der Waals surface area contributed by atoms with E-state index in [1.54, 1.807) is 12.1 Å². The Balaban J connectivity index is 2.55. The zero-order valence-electron chi connectivity index (χ0n) is 11.0. The molecule has 0 fully saturated rings. The van der Waals surface area contributed by atoms with Crippen LogP contribution in [-0.2, 0) is 0 Å². The van der Waals surface area contributed by atoms with Gasteiger partial charge in [-0.25, -0.2) is 4.39 Å². The van der Waals surface area contributed by atoms with Crippen LogP contribution in [0.25, 0.3) is 0 Å². The zero-order chi connectivity index (χ0) is 14.9. The Labute approximate surface area is 124 Å². The summed E-state index contributed by atoms with van der Waals surface area (Å²) in [6, 6.07) is 7.36. The number of anilines is 1. The van der Waals surface area contributed by atoms with E-state index in [-0.39, 0.29) is 11.3 Å². The number of benzene rings is 2. The number of ketones is 1. The second kappa shape index (κ2) is 5.63. The van der Waals surface area contributed by atoms with Crippen LogP contribution >= 0.6 is 15.9 Å². The molecular weight excluding hydrogens is 325 g/mol. The summed E-state index contributed by atoms with van der Waals surface area (Å²) in [6.07, 6.45) is 0. The molecule has 2 N–H and O–H groups in total. The van der Waals surface area contributed by atoms with Crippen molar-refractivity contribution in [3.8, 4) is 5.75 Å². The Hall–Kier alpha value is -1.88. The number of nitrogen functional groups attached to an aromatic ring is 1. The molecule has 0 spiro atoms. The maximum absolute atomic E-state index is 13.8. The fraction of sp³-hybridized carbons (Fsp3) is 0.133. The first-order chi connectivity index (χ1) is 9.43. The predicted molar refractivity (Wildman–Crippen MR) is 79.7 cm³/mol. The molecule has 0 atom stereocenters. The zero-order valence-corrected chi connectivity index (χ0v) is 12.6. The van der Waals surface area contributed by atoms with Crippen molar-refractivity contribution in [3.05, 3.63) is 57.3 Å². The van der Waals surface area contributed by atoms with Gasteiger partial charge < -0.3 is 10.5 Å². The van der Waals surface area contributed by atoms with Crippen LogP contribution in [0.4, 0.5) is 10.1 Å². The van der Waals surface area contributed by atoms with E-state index in [2.05, 4.69) is 15.9 Å². The Morgan fingerprint density at radius 2 is 1.95 bits per heavy atom. The summed E-state index contributed by atoms with van der Waals surface area (Å²) in [5.74, 6) is -0.680. The number of rotatable bonds is 3. The Morgan fingerprint density at radius 1 is 1.25 bits per heavy atom. The Kier molecular flexibility index (Phi) is 4.09. The van der Waals surface area contributed by atoms with E-state index in [1.165, 1.54) is 19.2 Å². The van der Waals surface area contributed by atoms with Crippen molar-refractivity contribution in [3.63, 3.8) is 0 Å². The van der Waals surface area contributed by atoms with E-state index < -0.39 is 11.6 Å². The van der Waals surface area contributed by atoms with Gasteiger partial charge >= 0.3 is 0 Å². The second-order valence-corrected chi connectivity index (χ2v) is 5.22. The molecule has 0 aliphatic rings. The highest BCUT2D eigenvalue weighted by Crippen LogP contribution is 2.29. The van der Waals surface area contributed by atoms with Gasteiger partial charge in [-0.2, -0.15) is 0 Å². The van der Waals surface area contributed by atoms with Gasteiger partial charge in [0.05, 0.1) is 18.2 Å². The van der Waals surface area contributed by atoms with E-state index in [0.717, 1.165) is 16.1 Å². The lowest BCUT2D eigenvalue weighted by Crippen LogP contribution is -2.07. The third kappa shape index (κ3) is 2.67. The molecular formula is C15H13BrFNO2. The minimum atomic E-state index is -0.645. The van der Waals surface area contributed by atoms with E-state index >= 15 is 0 Å². The third-order valence-corrected chi connectivity index (χ3v) is 3.82. The van der Waals surface area contributed by atoms with Crippen LogP contribution in [0, 0.1) is 12.7 Å². The van der Waals surface area contributed by atoms with Crippen molar-refractivity contribution < 1.29 is 13.9 Å². The number of ether oxygens (including phenoxy) is 1. The van der Waals surface area contributed by atoms with Gasteiger partial charge in [0.1, 0.15) is 11.6 Å². The van der Waals surface area contributed by atoms with Gasteiger partial charge in [0, 0.05) is 10.2 Å². The largest absolute Gasteiger partial charge is 0.496 e. The molecule has 0 aliphatic carbocycles. The SMILES string of the molecule is COc1cc(C)c(Br)cc1C(=O)c1ccc(N)cc1F. The van der Waals surface area contributed by atoms with Gasteiger partial charge in [-0.3, -0.25) is 4.79 Å². The van der Waals surface area contributed by atoms with E-state index in [1.807, 2.05) is 6.92 Å². The van der Waals surface area contributed by atoms with Crippen LogP contribution in [-0.4, -0.2) is 12.9 Å². The summed E-state index contributed by atoms with van der Waals surface area (Å²) in [5.41, 5.74) is 6.95. The number of aryl methyl sites for hydroxylation is 1. The summed E-state index contributed by atoms with van der Waals surface area (Å²) in [5, 5.41) is 0. The monoisotopic (exact) mass is 337 g/mol. The molecule has 2 rings (SSSR count). The van der Waals surface area contributed by atoms with Gasteiger partial charge in [-0.1, -0.05) is 15.9 Å². The molecule has 0 amide bonds. The Morgan fingerprint density at radius 3 is 2.55 bits per heavy atom. The number of hydrogen-bond donors (Lipinski definition) is 1. The number of nitrogens with two attached hydrogens (primary N) is 1. The minimum absolute atomic E-state index is 0.0340. The van der Waals surface area contributed by atoms with Crippen LogP contribution in [0.2, 0.25) is 0 Å². The average molecular weight is 338 g/mol. The smallest absolute Gasteiger partial charge is 0.199 e. The molecule has 104 valence electrons. The summed E-state index contributed by atoms with van der Waals surface area (Å²) in [7, 11) is 1.47. The van der Waals surface area contributed by atoms with Crippen molar-refractivity contribution in [2.45, 2.75) is 6.92 Å². The first-order valence-electron chi connectivity index (χ1n) is 5.88. The van der Waals surface area contributed by atoms with Crippen LogP contribution in [0.5, 0.6) is 5.75 Å². The number of methoxy groups -OCH3 is 1. The van der Waals surface area contributed by atoms with Crippen LogP contribution in [0.3, 0.4) is 0 Å². The number of halogens is 2.